The lowest BCUT2D eigenvalue weighted by molar-refractivity contribution is 0.319. The molecule has 0 saturated heterocycles. The van der Waals surface area contributed by atoms with Crippen LogP contribution in [0.4, 0.5) is 0 Å². The second kappa shape index (κ2) is 7.53. The number of rotatable bonds is 0. The maximum absolute atomic E-state index is 5.93. The zero-order chi connectivity index (χ0) is 19.6. The highest BCUT2D eigenvalue weighted by Gasteiger charge is 2.24. The van der Waals surface area contributed by atoms with Gasteiger partial charge in [-0.1, -0.05) is 91.2 Å². The molecular weight excluding hydrogens is 330 g/mol. The molecule has 0 unspecified atom stereocenters. The van der Waals surface area contributed by atoms with Crippen molar-refractivity contribution < 1.29 is 4.52 Å². The van der Waals surface area contributed by atoms with Crippen molar-refractivity contribution in [2.75, 3.05) is 0 Å². The first-order valence-electron chi connectivity index (χ1n) is 8.86. The molecule has 0 radical (unpaired) electrons. The average molecular weight is 364 g/mol. The van der Waals surface area contributed by atoms with E-state index < -0.39 is 0 Å². The second-order valence-electron chi connectivity index (χ2n) is 9.79. The van der Waals surface area contributed by atoms with Gasteiger partial charge in [0.1, 0.15) is 5.76 Å². The van der Waals surface area contributed by atoms with Crippen molar-refractivity contribution in [3.05, 3.63) is 51.9 Å². The minimum Gasteiger partial charge on any atom is -0.361 e. The number of aromatic nitrogens is 1. The van der Waals surface area contributed by atoms with Crippen molar-refractivity contribution in [1.82, 2.24) is 5.16 Å². The highest BCUT2D eigenvalue weighted by molar-refractivity contribution is 6.31. The van der Waals surface area contributed by atoms with Crippen LogP contribution in [-0.4, -0.2) is 5.16 Å². The van der Waals surface area contributed by atoms with Crippen molar-refractivity contribution in [1.29, 1.82) is 0 Å². The molecule has 0 bridgehead atoms. The third-order valence-electron chi connectivity index (χ3n) is 4.04. The third kappa shape index (κ3) is 6.51. The number of hydrogen-bond acceptors (Lipinski definition) is 2. The van der Waals surface area contributed by atoms with Crippen LogP contribution in [0.1, 0.15) is 84.9 Å². The SMILES string of the molecule is CC(C)(C)c1cc(C(C)(C)C)on1.Cc1cc(C(C)(C)C)ccc1Cl. The summed E-state index contributed by atoms with van der Waals surface area (Å²) in [5.41, 5.74) is 3.87. The summed E-state index contributed by atoms with van der Waals surface area (Å²) in [5.74, 6) is 0.956. The van der Waals surface area contributed by atoms with E-state index in [0.717, 1.165) is 22.0 Å². The number of aryl methyl sites for hydroxylation is 1. The first-order chi connectivity index (χ1) is 11.1. The Kier molecular flexibility index (Phi) is 6.56. The number of nitrogens with zero attached hydrogens (tertiary/aromatic N) is 1. The van der Waals surface area contributed by atoms with E-state index >= 15 is 0 Å². The van der Waals surface area contributed by atoms with Gasteiger partial charge in [0, 0.05) is 21.9 Å². The van der Waals surface area contributed by atoms with Crippen LogP contribution >= 0.6 is 11.6 Å². The standard InChI is InChI=1S/C11H15Cl.C11H19NO/c1-8-7-9(11(2,3)4)5-6-10(8)12;1-10(2,3)8-7-9(13-12-8)11(4,5)6/h5-7H,1-4H3;7H,1-6H3. The van der Waals surface area contributed by atoms with E-state index in [-0.39, 0.29) is 16.2 Å². The highest BCUT2D eigenvalue weighted by atomic mass is 35.5. The first kappa shape index (κ1) is 21.8. The van der Waals surface area contributed by atoms with Gasteiger partial charge in [-0.25, -0.2) is 0 Å². The van der Waals surface area contributed by atoms with Gasteiger partial charge in [0.25, 0.3) is 0 Å². The Morgan fingerprint density at radius 1 is 0.800 bits per heavy atom. The molecule has 25 heavy (non-hydrogen) atoms. The first-order valence-corrected chi connectivity index (χ1v) is 9.24. The molecule has 0 aliphatic heterocycles. The topological polar surface area (TPSA) is 26.0 Å². The van der Waals surface area contributed by atoms with Crippen molar-refractivity contribution >= 4 is 11.6 Å². The molecule has 0 aliphatic rings. The summed E-state index contributed by atoms with van der Waals surface area (Å²) >= 11 is 5.93. The Morgan fingerprint density at radius 3 is 1.68 bits per heavy atom. The molecule has 0 saturated carbocycles. The van der Waals surface area contributed by atoms with Gasteiger partial charge in [0.2, 0.25) is 0 Å². The van der Waals surface area contributed by atoms with E-state index in [2.05, 4.69) is 85.7 Å². The van der Waals surface area contributed by atoms with E-state index in [1.807, 2.05) is 13.0 Å². The largest absolute Gasteiger partial charge is 0.361 e. The molecule has 0 atom stereocenters. The summed E-state index contributed by atoms with van der Waals surface area (Å²) in [6.45, 7) is 21.4. The van der Waals surface area contributed by atoms with Crippen molar-refractivity contribution in [3.8, 4) is 0 Å². The smallest absolute Gasteiger partial charge is 0.142 e. The fourth-order valence-corrected chi connectivity index (χ4v) is 2.21. The van der Waals surface area contributed by atoms with E-state index in [0.29, 0.717) is 0 Å². The van der Waals surface area contributed by atoms with E-state index in [1.54, 1.807) is 0 Å². The molecule has 0 N–H and O–H groups in total. The predicted molar refractivity (Wildman–Crippen MR) is 109 cm³/mol. The molecule has 140 valence electrons. The summed E-state index contributed by atoms with van der Waals surface area (Å²) in [6, 6.07) is 8.27. The maximum atomic E-state index is 5.93. The molecule has 1 heterocycles. The molecule has 3 heteroatoms. The molecule has 0 amide bonds. The van der Waals surface area contributed by atoms with Gasteiger partial charge in [0.15, 0.2) is 0 Å². The molecule has 0 spiro atoms. The van der Waals surface area contributed by atoms with Gasteiger partial charge < -0.3 is 4.52 Å². The second-order valence-corrected chi connectivity index (χ2v) is 10.2. The van der Waals surface area contributed by atoms with Crippen LogP contribution in [0.5, 0.6) is 0 Å². The van der Waals surface area contributed by atoms with Gasteiger partial charge in [-0.3, -0.25) is 0 Å². The van der Waals surface area contributed by atoms with E-state index in [9.17, 15) is 0 Å². The van der Waals surface area contributed by atoms with Crippen molar-refractivity contribution in [2.24, 2.45) is 0 Å². The lowest BCUT2D eigenvalue weighted by Crippen LogP contribution is -2.12. The van der Waals surface area contributed by atoms with Crippen LogP contribution in [0.25, 0.3) is 0 Å². The Labute approximate surface area is 159 Å². The summed E-state index contributed by atoms with van der Waals surface area (Å²) in [6.07, 6.45) is 0. The Hall–Kier alpha value is -1.28. The molecular formula is C22H34ClNO. The monoisotopic (exact) mass is 363 g/mol. The normalized spacial score (nSPS) is 12.6. The van der Waals surface area contributed by atoms with E-state index in [4.69, 9.17) is 16.1 Å². The van der Waals surface area contributed by atoms with Crippen LogP contribution in [0.15, 0.2) is 28.8 Å². The summed E-state index contributed by atoms with van der Waals surface area (Å²) < 4.78 is 5.31. The maximum Gasteiger partial charge on any atom is 0.142 e. The number of benzene rings is 1. The Balaban J connectivity index is 0.000000251. The molecule has 2 aromatic rings. The predicted octanol–water partition coefficient (Wildman–Crippen LogP) is 7.22. The van der Waals surface area contributed by atoms with Crippen LogP contribution in [0.3, 0.4) is 0 Å². The van der Waals surface area contributed by atoms with Gasteiger partial charge in [-0.05, 0) is 29.5 Å². The van der Waals surface area contributed by atoms with E-state index in [1.165, 1.54) is 5.56 Å². The fourth-order valence-electron chi connectivity index (χ4n) is 2.09. The Bertz CT molecular complexity index is 666. The quantitative estimate of drug-likeness (QED) is 0.494. The summed E-state index contributed by atoms with van der Waals surface area (Å²) in [7, 11) is 0. The summed E-state index contributed by atoms with van der Waals surface area (Å²) in [5, 5.41) is 4.93. The Morgan fingerprint density at radius 2 is 1.36 bits per heavy atom. The average Bonchev–Trinajstić information content (AvgIpc) is 2.91. The lowest BCUT2D eigenvalue weighted by Gasteiger charge is -2.19. The van der Waals surface area contributed by atoms with Gasteiger partial charge in [-0.2, -0.15) is 0 Å². The lowest BCUT2D eigenvalue weighted by atomic mass is 9.86. The highest BCUT2D eigenvalue weighted by Crippen LogP contribution is 2.28. The zero-order valence-corrected chi connectivity index (χ0v) is 18.3. The van der Waals surface area contributed by atoms with Gasteiger partial charge >= 0.3 is 0 Å². The van der Waals surface area contributed by atoms with Crippen LogP contribution in [0.2, 0.25) is 5.02 Å². The minimum atomic E-state index is 0.0521. The number of hydrogen-bond donors (Lipinski definition) is 0. The van der Waals surface area contributed by atoms with Crippen LogP contribution in [0, 0.1) is 6.92 Å². The van der Waals surface area contributed by atoms with Crippen LogP contribution < -0.4 is 0 Å². The van der Waals surface area contributed by atoms with Crippen LogP contribution in [-0.2, 0) is 16.2 Å². The van der Waals surface area contributed by atoms with Crippen molar-refractivity contribution in [3.63, 3.8) is 0 Å². The zero-order valence-electron chi connectivity index (χ0n) is 17.5. The van der Waals surface area contributed by atoms with Gasteiger partial charge in [-0.15, -0.1) is 0 Å². The van der Waals surface area contributed by atoms with Crippen molar-refractivity contribution in [2.45, 2.75) is 85.5 Å². The molecule has 0 fully saturated rings. The van der Waals surface area contributed by atoms with Gasteiger partial charge in [0.05, 0.1) is 5.69 Å². The summed E-state index contributed by atoms with van der Waals surface area (Å²) in [4.78, 5) is 0. The molecule has 1 aromatic heterocycles. The minimum absolute atomic E-state index is 0.0521. The molecule has 1 aromatic carbocycles. The molecule has 2 rings (SSSR count). The molecule has 0 aliphatic carbocycles. The number of halogens is 1. The fraction of sp³-hybridized carbons (Fsp3) is 0.591. The third-order valence-corrected chi connectivity index (χ3v) is 4.47. The molecule has 2 nitrogen and oxygen atoms in total.